The molecule has 2 atom stereocenters. The van der Waals surface area contributed by atoms with E-state index in [1.807, 2.05) is 0 Å². The van der Waals surface area contributed by atoms with Crippen molar-refractivity contribution in [2.75, 3.05) is 26.2 Å². The lowest BCUT2D eigenvalue weighted by molar-refractivity contribution is -0.0520. The first-order valence-electron chi connectivity index (χ1n) is 8.87. The zero-order valence-electron chi connectivity index (χ0n) is 13.9. The molecule has 2 N–H and O–H groups in total. The fourth-order valence-electron chi connectivity index (χ4n) is 4.68. The van der Waals surface area contributed by atoms with Crippen LogP contribution in [0.15, 0.2) is 0 Å². The van der Waals surface area contributed by atoms with Crippen LogP contribution >= 0.6 is 0 Å². The van der Waals surface area contributed by atoms with Gasteiger partial charge >= 0.3 is 0 Å². The van der Waals surface area contributed by atoms with Crippen molar-refractivity contribution >= 4 is 0 Å². The molecular weight excluding hydrogens is 246 g/mol. The molecule has 0 aromatic carbocycles. The van der Waals surface area contributed by atoms with Crippen molar-refractivity contribution < 1.29 is 0 Å². The number of nitrogens with zero attached hydrogens (tertiary/aromatic N) is 2. The lowest BCUT2D eigenvalue weighted by Gasteiger charge is -2.55. The average Bonchev–Trinajstić information content (AvgIpc) is 2.46. The topological polar surface area (TPSA) is 32.5 Å². The quantitative estimate of drug-likeness (QED) is 0.812. The summed E-state index contributed by atoms with van der Waals surface area (Å²) in [5.41, 5.74) is 6.54. The largest absolute Gasteiger partial charge is 0.329 e. The Bertz CT molecular complexity index is 286. The Hall–Kier alpha value is -0.120. The van der Waals surface area contributed by atoms with E-state index in [-0.39, 0.29) is 5.54 Å². The van der Waals surface area contributed by atoms with Gasteiger partial charge in [0.15, 0.2) is 0 Å². The maximum atomic E-state index is 6.29. The monoisotopic (exact) mass is 281 g/mol. The summed E-state index contributed by atoms with van der Waals surface area (Å²) in [4.78, 5) is 5.54. The summed E-state index contributed by atoms with van der Waals surface area (Å²) < 4.78 is 0. The van der Waals surface area contributed by atoms with E-state index in [0.717, 1.165) is 12.6 Å². The molecule has 3 nitrogen and oxygen atoms in total. The van der Waals surface area contributed by atoms with E-state index in [1.54, 1.807) is 0 Å². The zero-order valence-corrected chi connectivity index (χ0v) is 13.9. The molecule has 2 unspecified atom stereocenters. The van der Waals surface area contributed by atoms with Crippen LogP contribution in [0.25, 0.3) is 0 Å². The Labute approximate surface area is 125 Å². The molecule has 20 heavy (non-hydrogen) atoms. The molecule has 2 heterocycles. The highest BCUT2D eigenvalue weighted by Gasteiger charge is 2.42. The molecule has 2 saturated heterocycles. The van der Waals surface area contributed by atoms with Gasteiger partial charge in [-0.3, -0.25) is 9.80 Å². The fraction of sp³-hybridized carbons (Fsp3) is 1.00. The molecule has 2 rings (SSSR count). The second-order valence-corrected chi connectivity index (χ2v) is 7.07. The minimum Gasteiger partial charge on any atom is -0.329 e. The van der Waals surface area contributed by atoms with Gasteiger partial charge < -0.3 is 5.73 Å². The number of piperazine rings is 1. The Kier molecular flexibility index (Phi) is 5.88. The van der Waals surface area contributed by atoms with E-state index < -0.39 is 0 Å². The van der Waals surface area contributed by atoms with Crippen LogP contribution in [0.4, 0.5) is 0 Å². The summed E-state index contributed by atoms with van der Waals surface area (Å²) in [7, 11) is 0. The van der Waals surface area contributed by atoms with Crippen molar-refractivity contribution in [1.82, 2.24) is 9.80 Å². The van der Waals surface area contributed by atoms with E-state index in [0.29, 0.717) is 6.04 Å². The summed E-state index contributed by atoms with van der Waals surface area (Å²) in [5, 5.41) is 0. The van der Waals surface area contributed by atoms with Gasteiger partial charge in [-0.25, -0.2) is 0 Å². The van der Waals surface area contributed by atoms with Gasteiger partial charge in [0.25, 0.3) is 0 Å². The van der Waals surface area contributed by atoms with Crippen LogP contribution in [0.3, 0.4) is 0 Å². The van der Waals surface area contributed by atoms with Crippen LogP contribution in [-0.4, -0.2) is 53.6 Å². The van der Waals surface area contributed by atoms with Crippen molar-refractivity contribution in [2.24, 2.45) is 5.73 Å². The second kappa shape index (κ2) is 7.24. The Morgan fingerprint density at radius 1 is 1.10 bits per heavy atom. The highest BCUT2D eigenvalue weighted by atomic mass is 15.3. The highest BCUT2D eigenvalue weighted by molar-refractivity contribution is 4.99. The van der Waals surface area contributed by atoms with E-state index in [9.17, 15) is 0 Å². The van der Waals surface area contributed by atoms with Gasteiger partial charge in [-0.15, -0.1) is 0 Å². The van der Waals surface area contributed by atoms with Crippen LogP contribution in [0.2, 0.25) is 0 Å². The summed E-state index contributed by atoms with van der Waals surface area (Å²) in [6.45, 7) is 11.7. The molecule has 0 spiro atoms. The smallest absolute Gasteiger partial charge is 0.0335 e. The highest BCUT2D eigenvalue weighted by Crippen LogP contribution is 2.34. The minimum absolute atomic E-state index is 0.256. The molecular formula is C17H35N3. The van der Waals surface area contributed by atoms with Gasteiger partial charge in [0.1, 0.15) is 0 Å². The summed E-state index contributed by atoms with van der Waals surface area (Å²) >= 11 is 0. The number of fused-ring (bicyclic) bond motifs is 1. The lowest BCUT2D eigenvalue weighted by Crippen LogP contribution is -2.67. The molecule has 0 amide bonds. The van der Waals surface area contributed by atoms with E-state index in [4.69, 9.17) is 5.73 Å². The minimum atomic E-state index is 0.256. The number of piperidine rings is 1. The molecule has 118 valence electrons. The van der Waals surface area contributed by atoms with Crippen molar-refractivity contribution in [3.05, 3.63) is 0 Å². The standard InChI is InChI=1S/C17H35N3/c1-4-9-17(14-18,10-5-2)20-13-16-8-6-7-11-19(16)12-15(20)3/h15-16H,4-14,18H2,1-3H3. The summed E-state index contributed by atoms with van der Waals surface area (Å²) in [6.07, 6.45) is 9.21. The summed E-state index contributed by atoms with van der Waals surface area (Å²) in [5.74, 6) is 0. The van der Waals surface area contributed by atoms with E-state index in [2.05, 4.69) is 30.6 Å². The first-order valence-corrected chi connectivity index (χ1v) is 8.87. The Morgan fingerprint density at radius 3 is 2.40 bits per heavy atom. The van der Waals surface area contributed by atoms with E-state index >= 15 is 0 Å². The first-order chi connectivity index (χ1) is 9.66. The van der Waals surface area contributed by atoms with Gasteiger partial charge in [-0.2, -0.15) is 0 Å². The van der Waals surface area contributed by atoms with Crippen molar-refractivity contribution in [1.29, 1.82) is 0 Å². The van der Waals surface area contributed by atoms with Crippen molar-refractivity contribution in [3.63, 3.8) is 0 Å². The number of nitrogens with two attached hydrogens (primary N) is 1. The van der Waals surface area contributed by atoms with Gasteiger partial charge in [0.05, 0.1) is 0 Å². The predicted octanol–water partition coefficient (Wildman–Crippen LogP) is 2.84. The van der Waals surface area contributed by atoms with Gasteiger partial charge in [0, 0.05) is 37.3 Å². The van der Waals surface area contributed by atoms with Crippen LogP contribution < -0.4 is 5.73 Å². The summed E-state index contributed by atoms with van der Waals surface area (Å²) in [6, 6.07) is 1.45. The molecule has 0 bridgehead atoms. The molecule has 0 aromatic heterocycles. The second-order valence-electron chi connectivity index (χ2n) is 7.07. The molecule has 2 aliphatic rings. The number of hydrogen-bond donors (Lipinski definition) is 1. The van der Waals surface area contributed by atoms with Gasteiger partial charge in [0.2, 0.25) is 0 Å². The molecule has 2 fully saturated rings. The predicted molar refractivity (Wildman–Crippen MR) is 87.0 cm³/mol. The van der Waals surface area contributed by atoms with Crippen LogP contribution in [0, 0.1) is 0 Å². The number of rotatable bonds is 6. The number of hydrogen-bond acceptors (Lipinski definition) is 3. The van der Waals surface area contributed by atoms with Gasteiger partial charge in [-0.1, -0.05) is 33.1 Å². The molecule has 3 heteroatoms. The third-order valence-electron chi connectivity index (χ3n) is 5.61. The van der Waals surface area contributed by atoms with E-state index in [1.165, 1.54) is 64.6 Å². The molecule has 0 aromatic rings. The first kappa shape index (κ1) is 16.3. The molecule has 0 saturated carbocycles. The normalized spacial score (nSPS) is 29.4. The van der Waals surface area contributed by atoms with Crippen LogP contribution in [0.1, 0.15) is 65.7 Å². The maximum absolute atomic E-state index is 6.29. The molecule has 2 aliphatic heterocycles. The van der Waals surface area contributed by atoms with Gasteiger partial charge in [-0.05, 0) is 39.2 Å². The average molecular weight is 281 g/mol. The van der Waals surface area contributed by atoms with Crippen molar-refractivity contribution in [2.45, 2.75) is 83.3 Å². The third-order valence-corrected chi connectivity index (χ3v) is 5.61. The maximum Gasteiger partial charge on any atom is 0.0335 e. The SMILES string of the molecule is CCCC(CN)(CCC)N1CC2CCCCN2CC1C. The van der Waals surface area contributed by atoms with Crippen LogP contribution in [0.5, 0.6) is 0 Å². The Balaban J connectivity index is 2.14. The Morgan fingerprint density at radius 2 is 1.80 bits per heavy atom. The fourth-order valence-corrected chi connectivity index (χ4v) is 4.68. The third kappa shape index (κ3) is 3.20. The molecule has 0 aliphatic carbocycles. The zero-order chi connectivity index (χ0) is 14.6. The lowest BCUT2D eigenvalue weighted by atomic mass is 9.83. The van der Waals surface area contributed by atoms with Crippen molar-refractivity contribution in [3.8, 4) is 0 Å². The van der Waals surface area contributed by atoms with Crippen LogP contribution in [-0.2, 0) is 0 Å². The molecule has 0 radical (unpaired) electrons.